The molecule has 0 aliphatic carbocycles. The smallest absolute Gasteiger partial charge is 0.325 e. The number of carbonyl (C=O) groups is 1. The Balaban J connectivity index is 2.24. The third-order valence-electron chi connectivity index (χ3n) is 2.79. The van der Waals surface area contributed by atoms with E-state index in [1.807, 2.05) is 4.98 Å². The van der Waals surface area contributed by atoms with Crippen LogP contribution in [0.3, 0.4) is 0 Å². The summed E-state index contributed by atoms with van der Waals surface area (Å²) < 4.78 is 0. The van der Waals surface area contributed by atoms with Crippen molar-refractivity contribution in [2.45, 2.75) is 18.9 Å². The van der Waals surface area contributed by atoms with E-state index in [-0.39, 0.29) is 11.6 Å². The van der Waals surface area contributed by atoms with Crippen LogP contribution in [0.25, 0.3) is 0 Å². The third kappa shape index (κ3) is 2.44. The zero-order valence-electron chi connectivity index (χ0n) is 9.23. The fourth-order valence-corrected chi connectivity index (χ4v) is 1.93. The van der Waals surface area contributed by atoms with Gasteiger partial charge in [0.25, 0.3) is 11.5 Å². The zero-order chi connectivity index (χ0) is 12.4. The van der Waals surface area contributed by atoms with E-state index in [0.29, 0.717) is 13.1 Å². The fraction of sp³-hybridized carbons (Fsp3) is 0.500. The summed E-state index contributed by atoms with van der Waals surface area (Å²) >= 11 is 0. The quantitative estimate of drug-likeness (QED) is 0.560. The topological polar surface area (TPSA) is 112 Å². The van der Waals surface area contributed by atoms with Crippen molar-refractivity contribution in [3.05, 3.63) is 32.6 Å². The van der Waals surface area contributed by atoms with Crippen molar-refractivity contribution in [3.8, 4) is 0 Å². The molecular weight excluding hydrogens is 224 g/mol. The summed E-state index contributed by atoms with van der Waals surface area (Å²) in [5.74, 6) is -0.391. The van der Waals surface area contributed by atoms with Crippen molar-refractivity contribution in [1.29, 1.82) is 0 Å². The number of nitrogens with one attached hydrogen (secondary N) is 2. The molecule has 0 aromatic carbocycles. The van der Waals surface area contributed by atoms with Gasteiger partial charge in [0, 0.05) is 25.3 Å². The number of hydrogen-bond donors (Lipinski definition) is 3. The number of nitrogens with zero attached hydrogens (tertiary/aromatic N) is 1. The Morgan fingerprint density at radius 1 is 1.47 bits per heavy atom. The van der Waals surface area contributed by atoms with E-state index in [0.717, 1.165) is 19.0 Å². The maximum Gasteiger partial charge on any atom is 0.325 e. The number of aromatic amines is 2. The van der Waals surface area contributed by atoms with Crippen LogP contribution in [0.1, 0.15) is 23.2 Å². The summed E-state index contributed by atoms with van der Waals surface area (Å²) in [6, 6.07) is -0.0467. The van der Waals surface area contributed by atoms with E-state index in [9.17, 15) is 14.4 Å². The number of rotatable bonds is 1. The van der Waals surface area contributed by atoms with E-state index in [1.54, 1.807) is 0 Å². The van der Waals surface area contributed by atoms with Crippen LogP contribution in [0, 0.1) is 0 Å². The van der Waals surface area contributed by atoms with Crippen LogP contribution in [-0.4, -0.2) is 39.9 Å². The van der Waals surface area contributed by atoms with Crippen molar-refractivity contribution in [2.24, 2.45) is 5.73 Å². The number of H-pyrrole nitrogens is 2. The molecule has 1 saturated heterocycles. The third-order valence-corrected chi connectivity index (χ3v) is 2.79. The molecule has 1 aliphatic rings. The molecule has 4 N–H and O–H groups in total. The number of piperidine rings is 1. The van der Waals surface area contributed by atoms with Crippen molar-refractivity contribution >= 4 is 5.91 Å². The predicted octanol–water partition coefficient (Wildman–Crippen LogP) is -1.37. The summed E-state index contributed by atoms with van der Waals surface area (Å²) in [6.45, 7) is 1.03. The normalized spacial score (nSPS) is 20.3. The number of aromatic nitrogens is 2. The predicted molar refractivity (Wildman–Crippen MR) is 60.8 cm³/mol. The molecule has 1 aliphatic heterocycles. The van der Waals surface area contributed by atoms with E-state index in [1.165, 1.54) is 4.90 Å². The Morgan fingerprint density at radius 2 is 2.24 bits per heavy atom. The average molecular weight is 238 g/mol. The van der Waals surface area contributed by atoms with E-state index < -0.39 is 17.2 Å². The minimum absolute atomic E-state index is 0.0467. The minimum atomic E-state index is -0.669. The zero-order valence-corrected chi connectivity index (χ0v) is 9.23. The molecule has 0 bridgehead atoms. The van der Waals surface area contributed by atoms with E-state index in [4.69, 9.17) is 5.73 Å². The summed E-state index contributed by atoms with van der Waals surface area (Å²) in [6.07, 6.45) is 2.85. The van der Waals surface area contributed by atoms with Crippen LogP contribution in [0.4, 0.5) is 0 Å². The Hall–Kier alpha value is -1.89. The van der Waals surface area contributed by atoms with Crippen molar-refractivity contribution in [2.75, 3.05) is 13.1 Å². The Labute approximate surface area is 96.6 Å². The van der Waals surface area contributed by atoms with Gasteiger partial charge in [0.15, 0.2) is 0 Å². The van der Waals surface area contributed by atoms with Gasteiger partial charge in [-0.3, -0.25) is 14.6 Å². The lowest BCUT2D eigenvalue weighted by Crippen LogP contribution is -2.47. The largest absolute Gasteiger partial charge is 0.337 e. The maximum absolute atomic E-state index is 12.0. The van der Waals surface area contributed by atoms with Gasteiger partial charge in [-0.2, -0.15) is 0 Å². The second-order valence-electron chi connectivity index (χ2n) is 4.14. The first-order valence-corrected chi connectivity index (χ1v) is 5.45. The molecule has 0 unspecified atom stereocenters. The van der Waals surface area contributed by atoms with Crippen LogP contribution >= 0.6 is 0 Å². The number of likely N-dealkylation sites (tertiary alicyclic amines) is 1. The number of nitrogens with two attached hydrogens (primary N) is 1. The number of carbonyl (C=O) groups excluding carboxylic acids is 1. The number of hydrogen-bond acceptors (Lipinski definition) is 4. The highest BCUT2D eigenvalue weighted by Crippen LogP contribution is 2.10. The van der Waals surface area contributed by atoms with Gasteiger partial charge in [-0.25, -0.2) is 4.79 Å². The van der Waals surface area contributed by atoms with Crippen LogP contribution in [0.15, 0.2) is 15.8 Å². The standard InChI is InChI=1S/C10H14N4O3/c11-6-2-1-3-14(5-6)9(16)7-4-12-10(17)13-8(7)15/h4,6H,1-3,5,11H2,(H2,12,13,15,17)/t6-/m1/s1. The Bertz CT molecular complexity index is 533. The summed E-state index contributed by atoms with van der Waals surface area (Å²) in [4.78, 5) is 40.1. The molecule has 0 spiro atoms. The molecule has 1 atom stereocenters. The van der Waals surface area contributed by atoms with Crippen molar-refractivity contribution in [3.63, 3.8) is 0 Å². The van der Waals surface area contributed by atoms with Gasteiger partial charge < -0.3 is 15.6 Å². The molecule has 0 saturated carbocycles. The van der Waals surface area contributed by atoms with Gasteiger partial charge >= 0.3 is 5.69 Å². The summed E-state index contributed by atoms with van der Waals surface area (Å²) in [5.41, 5.74) is 4.42. The van der Waals surface area contributed by atoms with Gasteiger partial charge in [-0.15, -0.1) is 0 Å². The highest BCUT2D eigenvalue weighted by molar-refractivity contribution is 5.93. The highest BCUT2D eigenvalue weighted by atomic mass is 16.2. The first-order valence-electron chi connectivity index (χ1n) is 5.45. The van der Waals surface area contributed by atoms with Crippen molar-refractivity contribution in [1.82, 2.24) is 14.9 Å². The first kappa shape index (κ1) is 11.6. The molecule has 1 amide bonds. The highest BCUT2D eigenvalue weighted by Gasteiger charge is 2.24. The molecular formula is C10H14N4O3. The lowest BCUT2D eigenvalue weighted by molar-refractivity contribution is 0.0706. The van der Waals surface area contributed by atoms with Gasteiger partial charge in [-0.1, -0.05) is 0 Å². The van der Waals surface area contributed by atoms with Crippen molar-refractivity contribution < 1.29 is 4.79 Å². The van der Waals surface area contributed by atoms with E-state index in [2.05, 4.69) is 4.98 Å². The Morgan fingerprint density at radius 3 is 2.88 bits per heavy atom. The SMILES string of the molecule is N[C@@H]1CCCN(C(=O)c2c[nH]c(=O)[nH]c2=O)C1. The van der Waals surface area contributed by atoms with Crippen LogP contribution in [0.2, 0.25) is 0 Å². The summed E-state index contributed by atoms with van der Waals surface area (Å²) in [5, 5.41) is 0. The van der Waals surface area contributed by atoms with Gasteiger partial charge in [-0.05, 0) is 12.8 Å². The monoisotopic (exact) mass is 238 g/mol. The molecule has 1 aromatic heterocycles. The van der Waals surface area contributed by atoms with Crippen LogP contribution < -0.4 is 17.0 Å². The molecule has 1 aromatic rings. The van der Waals surface area contributed by atoms with E-state index >= 15 is 0 Å². The first-order chi connectivity index (χ1) is 8.08. The molecule has 92 valence electrons. The lowest BCUT2D eigenvalue weighted by Gasteiger charge is -2.30. The average Bonchev–Trinajstić information content (AvgIpc) is 2.28. The Kier molecular flexibility index (Phi) is 3.10. The lowest BCUT2D eigenvalue weighted by atomic mass is 10.1. The van der Waals surface area contributed by atoms with Gasteiger partial charge in [0.2, 0.25) is 0 Å². The molecule has 17 heavy (non-hydrogen) atoms. The van der Waals surface area contributed by atoms with Crippen LogP contribution in [0.5, 0.6) is 0 Å². The minimum Gasteiger partial charge on any atom is -0.337 e. The molecule has 7 heteroatoms. The number of amides is 1. The molecule has 2 heterocycles. The second kappa shape index (κ2) is 4.54. The molecule has 7 nitrogen and oxygen atoms in total. The molecule has 2 rings (SSSR count). The van der Waals surface area contributed by atoms with Gasteiger partial charge in [0.1, 0.15) is 5.56 Å². The molecule has 1 fully saturated rings. The summed E-state index contributed by atoms with van der Waals surface area (Å²) in [7, 11) is 0. The fourth-order valence-electron chi connectivity index (χ4n) is 1.93. The van der Waals surface area contributed by atoms with Crippen LogP contribution in [-0.2, 0) is 0 Å². The van der Waals surface area contributed by atoms with Gasteiger partial charge in [0.05, 0.1) is 0 Å². The molecule has 0 radical (unpaired) electrons. The maximum atomic E-state index is 12.0. The second-order valence-corrected chi connectivity index (χ2v) is 4.14.